The summed E-state index contributed by atoms with van der Waals surface area (Å²) in [4.78, 5) is 22.7. The number of benzene rings is 1. The number of ether oxygens (including phenoxy) is 2. The lowest BCUT2D eigenvalue weighted by molar-refractivity contribution is -0.139. The standard InChI is InChI=1S/C11H11BrO4/c1-15-10(13)6-8-7(11(14)16-2)4-3-5-9(8)12/h3-5H,6H2,1-2H3. The van der Waals surface area contributed by atoms with Crippen molar-refractivity contribution >= 4 is 27.9 Å². The number of hydrogen-bond donors (Lipinski definition) is 0. The maximum atomic E-state index is 11.5. The van der Waals surface area contributed by atoms with Gasteiger partial charge in [0.1, 0.15) is 0 Å². The highest BCUT2D eigenvalue weighted by molar-refractivity contribution is 9.10. The van der Waals surface area contributed by atoms with E-state index in [0.717, 1.165) is 0 Å². The second kappa shape index (κ2) is 5.65. The van der Waals surface area contributed by atoms with Gasteiger partial charge in [0.15, 0.2) is 0 Å². The SMILES string of the molecule is COC(=O)Cc1c(Br)cccc1C(=O)OC. The molecule has 16 heavy (non-hydrogen) atoms. The molecule has 0 aliphatic rings. The third kappa shape index (κ3) is 2.82. The highest BCUT2D eigenvalue weighted by atomic mass is 79.9. The average molecular weight is 287 g/mol. The summed E-state index contributed by atoms with van der Waals surface area (Å²) in [5.41, 5.74) is 0.934. The number of carbonyl (C=O) groups excluding carboxylic acids is 2. The Morgan fingerprint density at radius 3 is 2.50 bits per heavy atom. The largest absolute Gasteiger partial charge is 0.469 e. The van der Waals surface area contributed by atoms with Gasteiger partial charge in [-0.3, -0.25) is 4.79 Å². The van der Waals surface area contributed by atoms with Crippen LogP contribution in [-0.2, 0) is 20.7 Å². The smallest absolute Gasteiger partial charge is 0.338 e. The molecule has 4 nitrogen and oxygen atoms in total. The van der Waals surface area contributed by atoms with Gasteiger partial charge in [-0.2, -0.15) is 0 Å². The molecule has 0 radical (unpaired) electrons. The van der Waals surface area contributed by atoms with Crippen LogP contribution in [0.25, 0.3) is 0 Å². The summed E-state index contributed by atoms with van der Waals surface area (Å²) in [6.07, 6.45) is 0.0301. The molecule has 1 aromatic carbocycles. The summed E-state index contributed by atoms with van der Waals surface area (Å²) in [7, 11) is 2.60. The number of esters is 2. The predicted octanol–water partition coefficient (Wildman–Crippen LogP) is 1.95. The minimum atomic E-state index is -0.472. The lowest BCUT2D eigenvalue weighted by atomic mass is 10.0. The van der Waals surface area contributed by atoms with E-state index in [-0.39, 0.29) is 6.42 Å². The molecule has 0 bridgehead atoms. The summed E-state index contributed by atoms with van der Waals surface area (Å²) in [5.74, 6) is -0.878. The fourth-order valence-electron chi connectivity index (χ4n) is 1.26. The van der Waals surface area contributed by atoms with Gasteiger partial charge < -0.3 is 9.47 Å². The van der Waals surface area contributed by atoms with Crippen molar-refractivity contribution < 1.29 is 19.1 Å². The normalized spacial score (nSPS) is 9.69. The third-order valence-electron chi connectivity index (χ3n) is 2.07. The zero-order chi connectivity index (χ0) is 12.1. The van der Waals surface area contributed by atoms with E-state index in [4.69, 9.17) is 0 Å². The number of hydrogen-bond acceptors (Lipinski definition) is 4. The molecule has 5 heteroatoms. The fraction of sp³-hybridized carbons (Fsp3) is 0.273. The van der Waals surface area contributed by atoms with Crippen molar-refractivity contribution in [3.05, 3.63) is 33.8 Å². The van der Waals surface area contributed by atoms with E-state index in [1.807, 2.05) is 0 Å². The van der Waals surface area contributed by atoms with Crippen LogP contribution in [0.4, 0.5) is 0 Å². The van der Waals surface area contributed by atoms with Crippen molar-refractivity contribution in [1.29, 1.82) is 0 Å². The molecule has 1 rings (SSSR count). The summed E-state index contributed by atoms with van der Waals surface area (Å²) < 4.78 is 9.88. The molecule has 0 N–H and O–H groups in total. The van der Waals surface area contributed by atoms with E-state index in [1.165, 1.54) is 14.2 Å². The van der Waals surface area contributed by atoms with Gasteiger partial charge in [0.25, 0.3) is 0 Å². The first-order valence-corrected chi connectivity index (χ1v) is 5.32. The van der Waals surface area contributed by atoms with Gasteiger partial charge in [-0.1, -0.05) is 22.0 Å². The molecule has 0 saturated carbocycles. The van der Waals surface area contributed by atoms with Crippen LogP contribution >= 0.6 is 15.9 Å². The molecule has 0 unspecified atom stereocenters. The Morgan fingerprint density at radius 1 is 1.25 bits per heavy atom. The van der Waals surface area contributed by atoms with E-state index < -0.39 is 11.9 Å². The van der Waals surface area contributed by atoms with Gasteiger partial charge >= 0.3 is 11.9 Å². The maximum absolute atomic E-state index is 11.5. The zero-order valence-corrected chi connectivity index (χ0v) is 10.5. The summed E-state index contributed by atoms with van der Waals surface area (Å²) in [6, 6.07) is 5.07. The average Bonchev–Trinajstić information content (AvgIpc) is 2.30. The van der Waals surface area contributed by atoms with Crippen LogP contribution in [-0.4, -0.2) is 26.2 Å². The first-order valence-electron chi connectivity index (χ1n) is 4.52. The molecule has 0 spiro atoms. The number of halogens is 1. The number of carbonyl (C=O) groups is 2. The molecule has 0 saturated heterocycles. The van der Waals surface area contributed by atoms with Crippen molar-refractivity contribution in [2.75, 3.05) is 14.2 Å². The van der Waals surface area contributed by atoms with Crippen LogP contribution in [0.5, 0.6) is 0 Å². The number of rotatable bonds is 3. The molecule has 0 fully saturated rings. The molecular weight excluding hydrogens is 276 g/mol. The van der Waals surface area contributed by atoms with Crippen LogP contribution < -0.4 is 0 Å². The Labute approximate surface area is 102 Å². The summed E-state index contributed by atoms with van der Waals surface area (Å²) in [6.45, 7) is 0. The molecule has 0 aliphatic heterocycles. The minimum absolute atomic E-state index is 0.0301. The Hall–Kier alpha value is -1.36. The highest BCUT2D eigenvalue weighted by Crippen LogP contribution is 2.22. The van der Waals surface area contributed by atoms with Crippen molar-refractivity contribution in [2.24, 2.45) is 0 Å². The number of methoxy groups -OCH3 is 2. The van der Waals surface area contributed by atoms with Crippen molar-refractivity contribution in [1.82, 2.24) is 0 Å². The van der Waals surface area contributed by atoms with Crippen molar-refractivity contribution in [2.45, 2.75) is 6.42 Å². The third-order valence-corrected chi connectivity index (χ3v) is 2.82. The molecule has 86 valence electrons. The lowest BCUT2D eigenvalue weighted by Crippen LogP contribution is -2.11. The molecular formula is C11H11BrO4. The van der Waals surface area contributed by atoms with E-state index in [1.54, 1.807) is 18.2 Å². The van der Waals surface area contributed by atoms with Crippen LogP contribution in [0, 0.1) is 0 Å². The van der Waals surface area contributed by atoms with Gasteiger partial charge in [-0.25, -0.2) is 4.79 Å². The van der Waals surface area contributed by atoms with Crippen LogP contribution in [0.1, 0.15) is 15.9 Å². The molecule has 0 aliphatic carbocycles. The second-order valence-corrected chi connectivity index (χ2v) is 3.86. The quantitative estimate of drug-likeness (QED) is 0.797. The van der Waals surface area contributed by atoms with E-state index in [9.17, 15) is 9.59 Å². The molecule has 0 aromatic heterocycles. The van der Waals surface area contributed by atoms with Gasteiger partial charge in [-0.15, -0.1) is 0 Å². The Morgan fingerprint density at radius 2 is 1.94 bits per heavy atom. The van der Waals surface area contributed by atoms with E-state index in [0.29, 0.717) is 15.6 Å². The second-order valence-electron chi connectivity index (χ2n) is 3.01. The zero-order valence-electron chi connectivity index (χ0n) is 8.95. The highest BCUT2D eigenvalue weighted by Gasteiger charge is 2.17. The Bertz CT molecular complexity index is 414. The lowest BCUT2D eigenvalue weighted by Gasteiger charge is -2.08. The predicted molar refractivity (Wildman–Crippen MR) is 61.2 cm³/mol. The maximum Gasteiger partial charge on any atom is 0.338 e. The van der Waals surface area contributed by atoms with E-state index in [2.05, 4.69) is 25.4 Å². The Balaban J connectivity index is 3.13. The molecule has 0 heterocycles. The van der Waals surface area contributed by atoms with Crippen LogP contribution in [0.2, 0.25) is 0 Å². The van der Waals surface area contributed by atoms with Crippen LogP contribution in [0.15, 0.2) is 22.7 Å². The summed E-state index contributed by atoms with van der Waals surface area (Å²) >= 11 is 3.29. The van der Waals surface area contributed by atoms with Gasteiger partial charge in [-0.05, 0) is 17.7 Å². The topological polar surface area (TPSA) is 52.6 Å². The molecule has 0 atom stereocenters. The first-order chi connectivity index (χ1) is 7.60. The van der Waals surface area contributed by atoms with Gasteiger partial charge in [0.2, 0.25) is 0 Å². The van der Waals surface area contributed by atoms with Crippen molar-refractivity contribution in [3.8, 4) is 0 Å². The fourth-order valence-corrected chi connectivity index (χ4v) is 1.76. The van der Waals surface area contributed by atoms with Gasteiger partial charge in [0, 0.05) is 4.47 Å². The minimum Gasteiger partial charge on any atom is -0.469 e. The van der Waals surface area contributed by atoms with Crippen LogP contribution in [0.3, 0.4) is 0 Å². The van der Waals surface area contributed by atoms with Crippen molar-refractivity contribution in [3.63, 3.8) is 0 Å². The Kier molecular flexibility index (Phi) is 4.49. The monoisotopic (exact) mass is 286 g/mol. The molecule has 0 amide bonds. The van der Waals surface area contributed by atoms with E-state index >= 15 is 0 Å². The first kappa shape index (κ1) is 12.7. The summed E-state index contributed by atoms with van der Waals surface area (Å²) in [5, 5.41) is 0. The molecule has 1 aromatic rings. The van der Waals surface area contributed by atoms with Gasteiger partial charge in [0.05, 0.1) is 26.2 Å².